The zero-order chi connectivity index (χ0) is 19.7. The minimum absolute atomic E-state index is 0.102. The molecule has 0 aliphatic heterocycles. The predicted molar refractivity (Wildman–Crippen MR) is 117 cm³/mol. The Morgan fingerprint density at radius 2 is 1.79 bits per heavy atom. The quantitative estimate of drug-likeness (QED) is 0.490. The molecule has 4 nitrogen and oxygen atoms in total. The zero-order valence-electron chi connectivity index (χ0n) is 15.7. The zero-order valence-corrected chi connectivity index (χ0v) is 17.3. The molecular weight excluding hydrogens is 390 g/mol. The van der Waals surface area contributed by atoms with E-state index in [4.69, 9.17) is 16.6 Å². The molecule has 2 aromatic carbocycles. The highest BCUT2D eigenvalue weighted by atomic mass is 35.5. The van der Waals surface area contributed by atoms with E-state index >= 15 is 0 Å². The van der Waals surface area contributed by atoms with Crippen LogP contribution in [0.4, 0.5) is 0 Å². The molecule has 0 atom stereocenters. The highest BCUT2D eigenvalue weighted by Crippen LogP contribution is 2.31. The molecule has 4 rings (SSSR count). The van der Waals surface area contributed by atoms with Gasteiger partial charge in [-0.1, -0.05) is 53.6 Å². The standard InChI is InChI=1S/C22H20ClN3OS/c1-14-3-5-15(6-4-14)11-26(2)12-19-24-21(27)20-18(13-28-22(20)25-19)16-7-9-17(23)10-8-16/h3-10,13H,11-12H2,1-2H3,(H,24,25,27). The van der Waals surface area contributed by atoms with E-state index in [9.17, 15) is 4.79 Å². The highest BCUT2D eigenvalue weighted by molar-refractivity contribution is 7.17. The van der Waals surface area contributed by atoms with E-state index in [0.717, 1.165) is 22.5 Å². The maximum absolute atomic E-state index is 12.8. The van der Waals surface area contributed by atoms with E-state index in [1.54, 1.807) is 0 Å². The van der Waals surface area contributed by atoms with Crippen molar-refractivity contribution in [3.8, 4) is 11.1 Å². The first-order chi connectivity index (χ1) is 13.5. The number of thiophene rings is 1. The molecule has 0 saturated carbocycles. The van der Waals surface area contributed by atoms with Gasteiger partial charge in [-0.2, -0.15) is 0 Å². The fourth-order valence-electron chi connectivity index (χ4n) is 3.23. The van der Waals surface area contributed by atoms with Crippen LogP contribution in [0.25, 0.3) is 21.3 Å². The summed E-state index contributed by atoms with van der Waals surface area (Å²) >= 11 is 7.47. The van der Waals surface area contributed by atoms with Gasteiger partial charge >= 0.3 is 0 Å². The Hall–Kier alpha value is -2.47. The Kier molecular flexibility index (Phi) is 5.31. The van der Waals surface area contributed by atoms with E-state index in [1.165, 1.54) is 22.5 Å². The molecule has 142 valence electrons. The third-order valence-electron chi connectivity index (χ3n) is 4.64. The van der Waals surface area contributed by atoms with Crippen LogP contribution in [0.15, 0.2) is 58.7 Å². The predicted octanol–water partition coefficient (Wildman–Crippen LogP) is 5.25. The van der Waals surface area contributed by atoms with Crippen LogP contribution in [0.2, 0.25) is 5.02 Å². The van der Waals surface area contributed by atoms with E-state index in [1.807, 2.05) is 36.7 Å². The number of nitrogens with one attached hydrogen (secondary N) is 1. The average Bonchev–Trinajstić information content (AvgIpc) is 3.09. The van der Waals surface area contributed by atoms with Gasteiger partial charge in [-0.05, 0) is 37.2 Å². The van der Waals surface area contributed by atoms with Crippen molar-refractivity contribution in [3.05, 3.63) is 86.2 Å². The second kappa shape index (κ2) is 7.87. The maximum Gasteiger partial charge on any atom is 0.260 e. The summed E-state index contributed by atoms with van der Waals surface area (Å²) < 4.78 is 0. The summed E-state index contributed by atoms with van der Waals surface area (Å²) in [6, 6.07) is 16.0. The monoisotopic (exact) mass is 409 g/mol. The van der Waals surface area contributed by atoms with Crippen LogP contribution in [0.3, 0.4) is 0 Å². The molecule has 0 radical (unpaired) electrons. The Morgan fingerprint density at radius 3 is 2.50 bits per heavy atom. The number of benzene rings is 2. The first-order valence-corrected chi connectivity index (χ1v) is 10.3. The molecule has 2 aromatic heterocycles. The Labute approximate surface area is 172 Å². The number of halogens is 1. The molecule has 0 unspecified atom stereocenters. The maximum atomic E-state index is 12.8. The minimum atomic E-state index is -0.102. The van der Waals surface area contributed by atoms with Crippen LogP contribution in [-0.4, -0.2) is 21.9 Å². The summed E-state index contributed by atoms with van der Waals surface area (Å²) in [4.78, 5) is 23.3. The number of aromatic nitrogens is 2. The summed E-state index contributed by atoms with van der Waals surface area (Å²) in [6.45, 7) is 3.45. The lowest BCUT2D eigenvalue weighted by atomic mass is 10.1. The van der Waals surface area contributed by atoms with Crippen molar-refractivity contribution in [2.24, 2.45) is 0 Å². The highest BCUT2D eigenvalue weighted by Gasteiger charge is 2.14. The van der Waals surface area contributed by atoms with Crippen molar-refractivity contribution < 1.29 is 0 Å². The second-order valence-electron chi connectivity index (χ2n) is 7.01. The molecule has 0 saturated heterocycles. The van der Waals surface area contributed by atoms with Crippen molar-refractivity contribution in [1.82, 2.24) is 14.9 Å². The van der Waals surface area contributed by atoms with Gasteiger partial charge in [-0.3, -0.25) is 9.69 Å². The summed E-state index contributed by atoms with van der Waals surface area (Å²) in [7, 11) is 2.03. The normalized spacial score (nSPS) is 11.4. The topological polar surface area (TPSA) is 49.0 Å². The lowest BCUT2D eigenvalue weighted by Crippen LogP contribution is -2.21. The number of nitrogens with zero attached hydrogens (tertiary/aromatic N) is 2. The van der Waals surface area contributed by atoms with Crippen molar-refractivity contribution in [2.75, 3.05) is 7.05 Å². The smallest absolute Gasteiger partial charge is 0.260 e. The first-order valence-electron chi connectivity index (χ1n) is 9.00. The number of H-pyrrole nitrogens is 1. The van der Waals surface area contributed by atoms with Crippen molar-refractivity contribution in [3.63, 3.8) is 0 Å². The SMILES string of the molecule is Cc1ccc(CN(C)Cc2nc3scc(-c4ccc(Cl)cc4)c3c(=O)[nH]2)cc1. The lowest BCUT2D eigenvalue weighted by molar-refractivity contribution is 0.311. The Balaban J connectivity index is 1.58. The van der Waals surface area contributed by atoms with E-state index < -0.39 is 0 Å². The molecule has 4 aromatic rings. The van der Waals surface area contributed by atoms with Gasteiger partial charge in [0.05, 0.1) is 11.9 Å². The summed E-state index contributed by atoms with van der Waals surface area (Å²) in [5.74, 6) is 0.677. The molecule has 28 heavy (non-hydrogen) atoms. The number of aromatic amines is 1. The van der Waals surface area contributed by atoms with E-state index in [-0.39, 0.29) is 5.56 Å². The van der Waals surface area contributed by atoms with Gasteiger partial charge in [-0.25, -0.2) is 4.98 Å². The van der Waals surface area contributed by atoms with E-state index in [0.29, 0.717) is 22.8 Å². The van der Waals surface area contributed by atoms with Gasteiger partial charge in [0.25, 0.3) is 5.56 Å². The summed E-state index contributed by atoms with van der Waals surface area (Å²) in [5, 5.41) is 3.29. The Morgan fingerprint density at radius 1 is 1.07 bits per heavy atom. The average molecular weight is 410 g/mol. The van der Waals surface area contributed by atoms with E-state index in [2.05, 4.69) is 41.1 Å². The minimum Gasteiger partial charge on any atom is -0.309 e. The summed E-state index contributed by atoms with van der Waals surface area (Å²) in [6.07, 6.45) is 0. The number of rotatable bonds is 5. The molecular formula is C22H20ClN3OS. The molecule has 0 aliphatic rings. The molecule has 0 spiro atoms. The van der Waals surface area contributed by atoms with Crippen LogP contribution in [0.5, 0.6) is 0 Å². The number of hydrogen-bond acceptors (Lipinski definition) is 4. The van der Waals surface area contributed by atoms with Crippen LogP contribution in [-0.2, 0) is 13.1 Å². The van der Waals surface area contributed by atoms with Gasteiger partial charge in [0.15, 0.2) is 0 Å². The number of aryl methyl sites for hydroxylation is 1. The lowest BCUT2D eigenvalue weighted by Gasteiger charge is -2.16. The number of hydrogen-bond donors (Lipinski definition) is 1. The molecule has 0 fully saturated rings. The second-order valence-corrected chi connectivity index (χ2v) is 8.30. The molecule has 0 amide bonds. The van der Waals surface area contributed by atoms with Gasteiger partial charge < -0.3 is 4.98 Å². The first kappa shape index (κ1) is 18.9. The number of fused-ring (bicyclic) bond motifs is 1. The van der Waals surface area contributed by atoms with Crippen molar-refractivity contribution in [2.45, 2.75) is 20.0 Å². The van der Waals surface area contributed by atoms with Crippen LogP contribution < -0.4 is 5.56 Å². The van der Waals surface area contributed by atoms with Gasteiger partial charge in [0.2, 0.25) is 0 Å². The molecule has 1 N–H and O–H groups in total. The van der Waals surface area contributed by atoms with Crippen LogP contribution in [0, 0.1) is 6.92 Å². The van der Waals surface area contributed by atoms with Crippen LogP contribution in [0.1, 0.15) is 17.0 Å². The van der Waals surface area contributed by atoms with Gasteiger partial charge in [-0.15, -0.1) is 11.3 Å². The van der Waals surface area contributed by atoms with Crippen molar-refractivity contribution in [1.29, 1.82) is 0 Å². The summed E-state index contributed by atoms with van der Waals surface area (Å²) in [5.41, 5.74) is 4.24. The largest absolute Gasteiger partial charge is 0.309 e. The fourth-order valence-corrected chi connectivity index (χ4v) is 4.32. The van der Waals surface area contributed by atoms with Crippen molar-refractivity contribution >= 4 is 33.2 Å². The van der Waals surface area contributed by atoms with Crippen LogP contribution >= 0.6 is 22.9 Å². The fraction of sp³-hybridized carbons (Fsp3) is 0.182. The third kappa shape index (κ3) is 4.02. The van der Waals surface area contributed by atoms with Gasteiger partial charge in [0, 0.05) is 22.5 Å². The molecule has 6 heteroatoms. The Bertz CT molecular complexity index is 1160. The molecule has 2 heterocycles. The van der Waals surface area contributed by atoms with Gasteiger partial charge in [0.1, 0.15) is 10.7 Å². The molecule has 0 bridgehead atoms. The molecule has 0 aliphatic carbocycles. The third-order valence-corrected chi connectivity index (χ3v) is 5.77.